The predicted molar refractivity (Wildman–Crippen MR) is 85.2 cm³/mol. The highest BCUT2D eigenvalue weighted by Crippen LogP contribution is 2.35. The van der Waals surface area contributed by atoms with Crippen molar-refractivity contribution >= 4 is 0 Å². The number of hydrogen-bond acceptors (Lipinski definition) is 4. The van der Waals surface area contributed by atoms with E-state index in [9.17, 15) is 5.11 Å². The smallest absolute Gasteiger partial charge is 0.231 e. The SMILES string of the molecule is OCCC(CNCc1cccc2c1OCO2)c1ccccc1. The molecule has 0 aliphatic carbocycles. The van der Waals surface area contributed by atoms with Gasteiger partial charge >= 0.3 is 0 Å². The molecule has 2 N–H and O–H groups in total. The van der Waals surface area contributed by atoms with Crippen molar-refractivity contribution in [3.8, 4) is 11.5 Å². The Morgan fingerprint density at radius 3 is 2.73 bits per heavy atom. The van der Waals surface area contributed by atoms with Crippen LogP contribution in [0.5, 0.6) is 11.5 Å². The Morgan fingerprint density at radius 2 is 1.91 bits per heavy atom. The summed E-state index contributed by atoms with van der Waals surface area (Å²) in [6.07, 6.45) is 0.753. The molecule has 0 saturated heterocycles. The lowest BCUT2D eigenvalue weighted by atomic mass is 9.96. The number of aliphatic hydroxyl groups is 1. The molecule has 116 valence electrons. The van der Waals surface area contributed by atoms with Crippen molar-refractivity contribution in [1.29, 1.82) is 0 Å². The van der Waals surface area contributed by atoms with E-state index in [4.69, 9.17) is 9.47 Å². The van der Waals surface area contributed by atoms with Gasteiger partial charge in [-0.3, -0.25) is 0 Å². The molecule has 4 heteroatoms. The maximum Gasteiger partial charge on any atom is 0.231 e. The summed E-state index contributed by atoms with van der Waals surface area (Å²) in [6.45, 7) is 2.03. The van der Waals surface area contributed by atoms with E-state index in [2.05, 4.69) is 17.4 Å². The number of fused-ring (bicyclic) bond motifs is 1. The fraction of sp³-hybridized carbons (Fsp3) is 0.333. The van der Waals surface area contributed by atoms with Crippen LogP contribution in [-0.2, 0) is 6.54 Å². The maximum absolute atomic E-state index is 9.28. The van der Waals surface area contributed by atoms with Crippen LogP contribution in [0, 0.1) is 0 Å². The van der Waals surface area contributed by atoms with E-state index in [1.54, 1.807) is 0 Å². The van der Waals surface area contributed by atoms with E-state index in [1.807, 2.05) is 36.4 Å². The van der Waals surface area contributed by atoms with E-state index in [-0.39, 0.29) is 6.61 Å². The van der Waals surface area contributed by atoms with Gasteiger partial charge in [0.2, 0.25) is 6.79 Å². The summed E-state index contributed by atoms with van der Waals surface area (Å²) in [5, 5.41) is 12.7. The molecule has 22 heavy (non-hydrogen) atoms. The molecule has 0 fully saturated rings. The summed E-state index contributed by atoms with van der Waals surface area (Å²) < 4.78 is 10.9. The summed E-state index contributed by atoms with van der Waals surface area (Å²) >= 11 is 0. The number of para-hydroxylation sites is 1. The van der Waals surface area contributed by atoms with Crippen molar-refractivity contribution in [2.45, 2.75) is 18.9 Å². The molecule has 0 aromatic heterocycles. The summed E-state index contributed by atoms with van der Waals surface area (Å²) in [7, 11) is 0. The van der Waals surface area contributed by atoms with Crippen LogP contribution in [0.3, 0.4) is 0 Å². The van der Waals surface area contributed by atoms with Gasteiger partial charge in [0, 0.05) is 25.3 Å². The van der Waals surface area contributed by atoms with Gasteiger partial charge in [0.25, 0.3) is 0 Å². The second kappa shape index (κ2) is 7.29. The molecular weight excluding hydrogens is 278 g/mol. The summed E-state index contributed by atoms with van der Waals surface area (Å²) in [4.78, 5) is 0. The number of ether oxygens (including phenoxy) is 2. The molecular formula is C18H21NO3. The molecule has 0 amide bonds. The van der Waals surface area contributed by atoms with Gasteiger partial charge in [-0.25, -0.2) is 0 Å². The van der Waals surface area contributed by atoms with Crippen LogP contribution in [0.25, 0.3) is 0 Å². The second-order valence-corrected chi connectivity index (χ2v) is 5.40. The van der Waals surface area contributed by atoms with Crippen LogP contribution in [0.15, 0.2) is 48.5 Å². The molecule has 1 aliphatic rings. The Morgan fingerprint density at radius 1 is 1.05 bits per heavy atom. The summed E-state index contributed by atoms with van der Waals surface area (Å²) in [6, 6.07) is 16.3. The molecule has 4 nitrogen and oxygen atoms in total. The van der Waals surface area contributed by atoms with Gasteiger partial charge in [-0.1, -0.05) is 42.5 Å². The Balaban J connectivity index is 1.60. The van der Waals surface area contributed by atoms with Crippen molar-refractivity contribution < 1.29 is 14.6 Å². The second-order valence-electron chi connectivity index (χ2n) is 5.40. The Kier molecular flexibility index (Phi) is 4.93. The Labute approximate surface area is 130 Å². The molecule has 0 radical (unpaired) electrons. The summed E-state index contributed by atoms with van der Waals surface area (Å²) in [5.41, 5.74) is 2.35. The lowest BCUT2D eigenvalue weighted by Crippen LogP contribution is -2.22. The van der Waals surface area contributed by atoms with Crippen molar-refractivity contribution in [2.24, 2.45) is 0 Å². The minimum absolute atomic E-state index is 0.193. The molecule has 0 bridgehead atoms. The number of rotatable bonds is 7. The molecule has 1 heterocycles. The fourth-order valence-electron chi connectivity index (χ4n) is 2.78. The highest BCUT2D eigenvalue weighted by Gasteiger charge is 2.17. The van der Waals surface area contributed by atoms with Crippen LogP contribution in [0.2, 0.25) is 0 Å². The lowest BCUT2D eigenvalue weighted by Gasteiger charge is -2.17. The third-order valence-corrected chi connectivity index (χ3v) is 3.93. The Bertz CT molecular complexity index is 601. The topological polar surface area (TPSA) is 50.7 Å². The molecule has 1 atom stereocenters. The molecule has 0 spiro atoms. The maximum atomic E-state index is 9.28. The first-order valence-corrected chi connectivity index (χ1v) is 7.62. The zero-order valence-corrected chi connectivity index (χ0v) is 12.5. The number of hydrogen-bond donors (Lipinski definition) is 2. The largest absolute Gasteiger partial charge is 0.454 e. The van der Waals surface area contributed by atoms with E-state index >= 15 is 0 Å². The molecule has 1 aliphatic heterocycles. The number of nitrogens with one attached hydrogen (secondary N) is 1. The van der Waals surface area contributed by atoms with Crippen LogP contribution < -0.4 is 14.8 Å². The molecule has 1 unspecified atom stereocenters. The van der Waals surface area contributed by atoms with Gasteiger partial charge in [0.15, 0.2) is 11.5 Å². The molecule has 2 aromatic carbocycles. The molecule has 0 saturated carbocycles. The summed E-state index contributed by atoms with van der Waals surface area (Å²) in [5.74, 6) is 1.96. The van der Waals surface area contributed by atoms with Gasteiger partial charge in [-0.15, -0.1) is 0 Å². The standard InChI is InChI=1S/C18H21NO3/c20-10-9-15(14-5-2-1-3-6-14)11-19-12-16-7-4-8-17-18(16)22-13-21-17/h1-8,15,19-20H,9-13H2. The number of benzene rings is 2. The third-order valence-electron chi connectivity index (χ3n) is 3.93. The quantitative estimate of drug-likeness (QED) is 0.825. The molecule has 2 aromatic rings. The number of aliphatic hydroxyl groups excluding tert-OH is 1. The van der Waals surface area contributed by atoms with E-state index in [0.717, 1.165) is 36.6 Å². The van der Waals surface area contributed by atoms with Crippen LogP contribution in [-0.4, -0.2) is 25.1 Å². The van der Waals surface area contributed by atoms with E-state index in [1.165, 1.54) is 5.56 Å². The van der Waals surface area contributed by atoms with Crippen LogP contribution in [0.4, 0.5) is 0 Å². The lowest BCUT2D eigenvalue weighted by molar-refractivity contribution is 0.173. The predicted octanol–water partition coefficient (Wildman–Crippen LogP) is 2.67. The zero-order chi connectivity index (χ0) is 15.2. The van der Waals surface area contributed by atoms with Gasteiger partial charge in [0.1, 0.15) is 0 Å². The van der Waals surface area contributed by atoms with Crippen molar-refractivity contribution in [3.05, 3.63) is 59.7 Å². The van der Waals surface area contributed by atoms with Gasteiger partial charge in [-0.2, -0.15) is 0 Å². The average Bonchev–Trinajstić information content (AvgIpc) is 3.04. The van der Waals surface area contributed by atoms with E-state index in [0.29, 0.717) is 12.7 Å². The first kappa shape index (κ1) is 14.9. The highest BCUT2D eigenvalue weighted by molar-refractivity contribution is 5.48. The zero-order valence-electron chi connectivity index (χ0n) is 12.5. The average molecular weight is 299 g/mol. The van der Waals surface area contributed by atoms with Crippen molar-refractivity contribution in [1.82, 2.24) is 5.32 Å². The fourth-order valence-corrected chi connectivity index (χ4v) is 2.78. The minimum atomic E-state index is 0.193. The monoisotopic (exact) mass is 299 g/mol. The van der Waals surface area contributed by atoms with Gasteiger partial charge < -0.3 is 19.9 Å². The first-order valence-electron chi connectivity index (χ1n) is 7.62. The van der Waals surface area contributed by atoms with Gasteiger partial charge in [0.05, 0.1) is 0 Å². The normalized spacial score (nSPS) is 14.0. The Hall–Kier alpha value is -2.04. The van der Waals surface area contributed by atoms with Crippen molar-refractivity contribution in [3.63, 3.8) is 0 Å². The van der Waals surface area contributed by atoms with Gasteiger partial charge in [-0.05, 0) is 24.0 Å². The first-order chi connectivity index (χ1) is 10.9. The van der Waals surface area contributed by atoms with Crippen molar-refractivity contribution in [2.75, 3.05) is 19.9 Å². The van der Waals surface area contributed by atoms with E-state index < -0.39 is 0 Å². The van der Waals surface area contributed by atoms with Crippen LogP contribution >= 0.6 is 0 Å². The molecule has 3 rings (SSSR count). The highest BCUT2D eigenvalue weighted by atomic mass is 16.7. The van der Waals surface area contributed by atoms with Crippen LogP contribution in [0.1, 0.15) is 23.5 Å². The third kappa shape index (κ3) is 3.40. The minimum Gasteiger partial charge on any atom is -0.454 e.